The number of para-hydroxylation sites is 6. The zero-order chi connectivity index (χ0) is 77.2. The molecule has 12 nitrogen and oxygen atoms in total. The number of nitriles is 2. The Morgan fingerprint density at radius 2 is 0.414 bits per heavy atom. The largest absolute Gasteiger partial charge is 0.309 e. The van der Waals surface area contributed by atoms with Gasteiger partial charge in [-0.05, 0) is 138 Å². The van der Waals surface area contributed by atoms with E-state index in [0.717, 1.165) is 139 Å². The molecule has 6 aromatic heterocycles. The van der Waals surface area contributed by atoms with Crippen LogP contribution in [-0.2, 0) is 0 Å². The first-order chi connectivity index (χ1) is 57.4. The molecule has 16 aromatic carbocycles. The second-order valence-electron chi connectivity index (χ2n) is 28.8. The Bertz CT molecular complexity index is 7540. The van der Waals surface area contributed by atoms with Gasteiger partial charge in [0.1, 0.15) is 0 Å². The first kappa shape index (κ1) is 67.8. The fraction of sp³-hybridized carbons (Fsp3) is 0. The summed E-state index contributed by atoms with van der Waals surface area (Å²) in [7, 11) is 0. The molecule has 540 valence electrons. The summed E-state index contributed by atoms with van der Waals surface area (Å²) in [5.41, 5.74) is 23.2. The lowest BCUT2D eigenvalue weighted by Crippen LogP contribution is -2.00. The molecular formula is C104H64N12. The van der Waals surface area contributed by atoms with Crippen molar-refractivity contribution in [2.45, 2.75) is 0 Å². The minimum atomic E-state index is 0.509. The molecule has 0 spiro atoms. The van der Waals surface area contributed by atoms with Gasteiger partial charge in [0.2, 0.25) is 0 Å². The van der Waals surface area contributed by atoms with Gasteiger partial charge in [-0.25, -0.2) is 29.9 Å². The average molecular weight is 1480 g/mol. The van der Waals surface area contributed by atoms with E-state index in [1.807, 2.05) is 164 Å². The van der Waals surface area contributed by atoms with Gasteiger partial charge in [-0.15, -0.1) is 0 Å². The van der Waals surface area contributed by atoms with Gasteiger partial charge in [-0.1, -0.05) is 273 Å². The van der Waals surface area contributed by atoms with E-state index in [9.17, 15) is 10.5 Å². The molecule has 0 atom stereocenters. The molecule has 22 rings (SSSR count). The molecular weight excluding hydrogens is 1420 g/mol. The summed E-state index contributed by atoms with van der Waals surface area (Å²) < 4.78 is 9.43. The lowest BCUT2D eigenvalue weighted by molar-refractivity contribution is 1.07. The molecule has 0 N–H and O–H groups in total. The normalized spacial score (nSPS) is 11.4. The summed E-state index contributed by atoms with van der Waals surface area (Å²) in [5.74, 6) is 3.32. The van der Waals surface area contributed by atoms with Crippen LogP contribution in [0.2, 0.25) is 0 Å². The van der Waals surface area contributed by atoms with E-state index in [4.69, 9.17) is 29.9 Å². The molecule has 0 radical (unpaired) electrons. The van der Waals surface area contributed by atoms with Crippen LogP contribution in [0.5, 0.6) is 0 Å². The lowest BCUT2D eigenvalue weighted by atomic mass is 9.96. The first-order valence-corrected chi connectivity index (χ1v) is 38.5. The van der Waals surface area contributed by atoms with Crippen molar-refractivity contribution in [3.05, 3.63) is 399 Å². The number of hydrogen-bond donors (Lipinski definition) is 0. The molecule has 116 heavy (non-hydrogen) atoms. The van der Waals surface area contributed by atoms with Crippen LogP contribution < -0.4 is 0 Å². The molecule has 0 amide bonds. The van der Waals surface area contributed by atoms with Crippen molar-refractivity contribution in [1.29, 1.82) is 10.5 Å². The molecule has 0 bridgehead atoms. The lowest BCUT2D eigenvalue weighted by Gasteiger charge is -2.11. The SMILES string of the molecule is N#Cc1cc(-c2nc(-c3ccccc3)nc(-c3ccccc3)n2)ccc1-c1ccc2c(c1)c1cc3c(cc1n2-c1ccccc1)c1ccccc1n3-c1ccccc1.N#Cc1cc(-c2nc(-c3ccccc3)nc(-c3ccccc3)n2)ccc1-c1ccc2c3cc4c(cc3n(-c3ccccc3)c2c1)c1ccccc1n4-c1ccccc1. The standard InChI is InChI=1S/2C52H32N6/c53-33-38-29-37(52-55-50(34-15-5-1-6-16-34)54-51(56-52)35-17-7-2-8-18-35)26-27-41(38)36-25-28-43-45-32-48-44(31-49(45)58(47(43)30-36)40-21-11-4-12-22-40)42-23-13-14-24-46(42)57(48)39-19-9-3-10-20-39;53-33-38-29-37(52-55-50(34-15-5-1-6-16-34)54-51(56-52)35-17-7-2-8-18-35)25-27-41(38)36-26-28-47-43(30-36)45-32-48-44(31-49(45)58(47)40-21-11-4-12-22-40)42-23-13-14-24-46(42)57(48)39-19-9-3-10-20-39/h2*1-32H. The van der Waals surface area contributed by atoms with Crippen molar-refractivity contribution in [1.82, 2.24) is 48.2 Å². The molecule has 0 fully saturated rings. The van der Waals surface area contributed by atoms with E-state index < -0.39 is 0 Å². The maximum absolute atomic E-state index is 10.7. The fourth-order valence-electron chi connectivity index (χ4n) is 16.6. The number of rotatable bonds is 12. The van der Waals surface area contributed by atoms with Crippen molar-refractivity contribution < 1.29 is 0 Å². The van der Waals surface area contributed by atoms with Gasteiger partial charge in [-0.3, -0.25) is 0 Å². The third kappa shape index (κ3) is 11.9. The number of benzene rings is 16. The summed E-state index contributed by atoms with van der Waals surface area (Å²) >= 11 is 0. The second-order valence-corrected chi connectivity index (χ2v) is 28.8. The van der Waals surface area contributed by atoms with Crippen molar-refractivity contribution in [3.8, 4) is 125 Å². The molecule has 22 aromatic rings. The van der Waals surface area contributed by atoms with E-state index in [-0.39, 0.29) is 0 Å². The zero-order valence-electron chi connectivity index (χ0n) is 62.3. The van der Waals surface area contributed by atoms with Crippen molar-refractivity contribution in [2.75, 3.05) is 0 Å². The predicted molar refractivity (Wildman–Crippen MR) is 470 cm³/mol. The first-order valence-electron chi connectivity index (χ1n) is 38.5. The predicted octanol–water partition coefficient (Wildman–Crippen LogP) is 25.2. The van der Waals surface area contributed by atoms with Crippen LogP contribution in [0, 0.1) is 22.7 Å². The highest BCUT2D eigenvalue weighted by Crippen LogP contribution is 2.45. The van der Waals surface area contributed by atoms with Crippen molar-refractivity contribution >= 4 is 87.2 Å². The maximum atomic E-state index is 10.7. The number of aromatic nitrogens is 10. The Hall–Kier alpha value is -16.3. The van der Waals surface area contributed by atoms with Gasteiger partial charge in [-0.2, -0.15) is 10.5 Å². The molecule has 0 aliphatic carbocycles. The molecule has 0 unspecified atom stereocenters. The monoisotopic (exact) mass is 1480 g/mol. The summed E-state index contributed by atoms with van der Waals surface area (Å²) in [6, 6.07) is 138. The highest BCUT2D eigenvalue weighted by Gasteiger charge is 2.24. The number of fused-ring (bicyclic) bond motifs is 12. The Morgan fingerprint density at radius 3 is 0.759 bits per heavy atom. The van der Waals surface area contributed by atoms with E-state index in [1.165, 1.54) is 27.1 Å². The van der Waals surface area contributed by atoms with Gasteiger partial charge in [0.05, 0.1) is 67.4 Å². The molecule has 0 saturated heterocycles. The molecule has 6 heterocycles. The summed E-state index contributed by atoms with van der Waals surface area (Å²) in [4.78, 5) is 29.4. The zero-order valence-corrected chi connectivity index (χ0v) is 62.3. The minimum Gasteiger partial charge on any atom is -0.309 e. The highest BCUT2D eigenvalue weighted by atomic mass is 15.1. The average Bonchev–Trinajstić information content (AvgIpc) is 1.56. The van der Waals surface area contributed by atoms with E-state index in [1.54, 1.807) is 0 Å². The third-order valence-electron chi connectivity index (χ3n) is 22.0. The maximum Gasteiger partial charge on any atom is 0.164 e. The topological polar surface area (TPSA) is 145 Å². The molecule has 0 aliphatic heterocycles. The summed E-state index contributed by atoms with van der Waals surface area (Å²) in [6.45, 7) is 0. The van der Waals surface area contributed by atoms with Crippen LogP contribution in [0.4, 0.5) is 0 Å². The fourth-order valence-corrected chi connectivity index (χ4v) is 16.6. The second kappa shape index (κ2) is 28.5. The van der Waals surface area contributed by atoms with Gasteiger partial charge >= 0.3 is 0 Å². The Balaban J connectivity index is 0.000000145. The van der Waals surface area contributed by atoms with Crippen molar-refractivity contribution in [3.63, 3.8) is 0 Å². The molecule has 12 heteroatoms. The number of nitrogens with zero attached hydrogens (tertiary/aromatic N) is 12. The molecule has 0 aliphatic rings. The van der Waals surface area contributed by atoms with E-state index >= 15 is 0 Å². The minimum absolute atomic E-state index is 0.509. The van der Waals surface area contributed by atoms with Crippen LogP contribution in [-0.4, -0.2) is 48.2 Å². The Morgan fingerprint density at radius 1 is 0.172 bits per heavy atom. The molecule has 0 saturated carbocycles. The van der Waals surface area contributed by atoms with E-state index in [2.05, 4.69) is 255 Å². The summed E-state index contributed by atoms with van der Waals surface area (Å²) in [5, 5.41) is 30.7. The number of hydrogen-bond acceptors (Lipinski definition) is 8. The Kier molecular flexibility index (Phi) is 16.7. The smallest absolute Gasteiger partial charge is 0.164 e. The third-order valence-corrected chi connectivity index (χ3v) is 22.0. The van der Waals surface area contributed by atoms with Crippen LogP contribution in [0.15, 0.2) is 388 Å². The van der Waals surface area contributed by atoms with Crippen LogP contribution in [0.25, 0.3) is 201 Å². The van der Waals surface area contributed by atoms with Crippen molar-refractivity contribution in [2.24, 2.45) is 0 Å². The Labute approximate surface area is 666 Å². The van der Waals surface area contributed by atoms with Gasteiger partial charge in [0.25, 0.3) is 0 Å². The summed E-state index contributed by atoms with van der Waals surface area (Å²) in [6.07, 6.45) is 0. The van der Waals surface area contributed by atoms with Crippen LogP contribution in [0.1, 0.15) is 11.1 Å². The van der Waals surface area contributed by atoms with Gasteiger partial charge < -0.3 is 18.3 Å². The van der Waals surface area contributed by atoms with Gasteiger partial charge in [0.15, 0.2) is 34.9 Å². The highest BCUT2D eigenvalue weighted by molar-refractivity contribution is 6.21. The quantitative estimate of drug-likeness (QED) is 0.118. The van der Waals surface area contributed by atoms with Gasteiger partial charge in [0, 0.05) is 99.2 Å². The van der Waals surface area contributed by atoms with E-state index in [0.29, 0.717) is 46.1 Å². The van der Waals surface area contributed by atoms with Crippen LogP contribution in [0.3, 0.4) is 0 Å². The van der Waals surface area contributed by atoms with Crippen LogP contribution >= 0.6 is 0 Å².